The molecule has 1 saturated heterocycles. The van der Waals surface area contributed by atoms with Gasteiger partial charge in [-0.05, 0) is 36.3 Å². The maximum Gasteiger partial charge on any atom is 0.0236 e. The van der Waals surface area contributed by atoms with Gasteiger partial charge >= 0.3 is 0 Å². The van der Waals surface area contributed by atoms with Crippen LogP contribution in [-0.4, -0.2) is 17.5 Å². The second kappa shape index (κ2) is 4.19. The van der Waals surface area contributed by atoms with Crippen LogP contribution in [0.15, 0.2) is 24.3 Å². The van der Waals surface area contributed by atoms with E-state index >= 15 is 0 Å². The summed E-state index contributed by atoms with van der Waals surface area (Å²) in [6, 6.07) is 9.59. The van der Waals surface area contributed by atoms with Crippen molar-refractivity contribution in [2.24, 2.45) is 11.7 Å². The van der Waals surface area contributed by atoms with Crippen LogP contribution >= 0.6 is 0 Å². The van der Waals surface area contributed by atoms with Gasteiger partial charge in [0.05, 0.1) is 0 Å². The first-order valence-corrected chi connectivity index (χ1v) is 6.37. The lowest BCUT2D eigenvalue weighted by atomic mass is 10.1. The Morgan fingerprint density at radius 3 is 2.81 bits per heavy atom. The quantitative estimate of drug-likeness (QED) is 0.838. The van der Waals surface area contributed by atoms with Crippen LogP contribution in [0.5, 0.6) is 0 Å². The highest BCUT2D eigenvalue weighted by molar-refractivity contribution is 5.23. The number of nitrogens with zero attached hydrogens (tertiary/aromatic N) is 1. The first-order valence-electron chi connectivity index (χ1n) is 6.37. The molecule has 1 aromatic carbocycles. The Balaban J connectivity index is 1.69. The molecule has 2 nitrogen and oxygen atoms in total. The van der Waals surface area contributed by atoms with Crippen LogP contribution in [0, 0.1) is 5.92 Å². The van der Waals surface area contributed by atoms with Crippen molar-refractivity contribution in [1.82, 2.24) is 4.90 Å². The molecular formula is C14H20N2. The number of likely N-dealkylation sites (tertiary alicyclic amines) is 1. The Hall–Kier alpha value is -0.860. The second-order valence-electron chi connectivity index (χ2n) is 5.29. The molecule has 2 heteroatoms. The van der Waals surface area contributed by atoms with Crippen LogP contribution in [0.1, 0.15) is 30.4 Å². The minimum absolute atomic E-state index is 0.653. The first kappa shape index (κ1) is 10.3. The summed E-state index contributed by atoms with van der Waals surface area (Å²) < 4.78 is 0. The fraction of sp³-hybridized carbons (Fsp3) is 0.571. The fourth-order valence-electron chi connectivity index (χ4n) is 3.31. The van der Waals surface area contributed by atoms with E-state index in [1.54, 1.807) is 0 Å². The molecule has 86 valence electrons. The van der Waals surface area contributed by atoms with Crippen molar-refractivity contribution in [1.29, 1.82) is 0 Å². The molecule has 2 bridgehead atoms. The van der Waals surface area contributed by atoms with Crippen molar-refractivity contribution in [2.45, 2.75) is 38.4 Å². The highest BCUT2D eigenvalue weighted by Gasteiger charge is 2.37. The van der Waals surface area contributed by atoms with E-state index in [1.807, 2.05) is 0 Å². The van der Waals surface area contributed by atoms with Gasteiger partial charge in [-0.2, -0.15) is 0 Å². The van der Waals surface area contributed by atoms with E-state index in [1.165, 1.54) is 36.9 Å². The molecule has 1 heterocycles. The third kappa shape index (κ3) is 1.87. The molecule has 0 amide bonds. The maximum atomic E-state index is 5.67. The van der Waals surface area contributed by atoms with Gasteiger partial charge in [0.25, 0.3) is 0 Å². The van der Waals surface area contributed by atoms with Crippen molar-refractivity contribution >= 4 is 0 Å². The molecular weight excluding hydrogens is 196 g/mol. The topological polar surface area (TPSA) is 29.3 Å². The predicted molar refractivity (Wildman–Crippen MR) is 65.9 cm³/mol. The standard InChI is InChI=1S/C14H20N2/c15-8-11-2-1-3-12(6-11)9-16-10-13-4-5-14(16)7-13/h1-3,6,13-14H,4-5,7-10,15H2. The van der Waals surface area contributed by atoms with Crippen LogP contribution in [-0.2, 0) is 13.1 Å². The van der Waals surface area contributed by atoms with Crippen molar-refractivity contribution < 1.29 is 0 Å². The molecule has 1 aromatic rings. The Morgan fingerprint density at radius 2 is 2.12 bits per heavy atom. The molecule has 1 aliphatic heterocycles. The number of nitrogens with two attached hydrogens (primary N) is 1. The molecule has 1 aliphatic carbocycles. The number of piperidine rings is 1. The summed E-state index contributed by atoms with van der Waals surface area (Å²) in [4.78, 5) is 2.66. The van der Waals surface area contributed by atoms with E-state index in [2.05, 4.69) is 29.2 Å². The molecule has 1 saturated carbocycles. The molecule has 16 heavy (non-hydrogen) atoms. The van der Waals surface area contributed by atoms with Gasteiger partial charge in [-0.3, -0.25) is 4.90 Å². The van der Waals surface area contributed by atoms with Crippen molar-refractivity contribution in [2.75, 3.05) is 6.54 Å². The fourth-order valence-corrected chi connectivity index (χ4v) is 3.31. The molecule has 2 aliphatic rings. The van der Waals surface area contributed by atoms with E-state index in [9.17, 15) is 0 Å². The molecule has 2 unspecified atom stereocenters. The first-order chi connectivity index (χ1) is 7.85. The van der Waals surface area contributed by atoms with Gasteiger partial charge in [0, 0.05) is 25.7 Å². The summed E-state index contributed by atoms with van der Waals surface area (Å²) in [5.74, 6) is 0.989. The molecule has 2 fully saturated rings. The van der Waals surface area contributed by atoms with Gasteiger partial charge in [-0.15, -0.1) is 0 Å². The molecule has 0 spiro atoms. The van der Waals surface area contributed by atoms with Crippen LogP contribution in [0.3, 0.4) is 0 Å². The van der Waals surface area contributed by atoms with Gasteiger partial charge in [0.2, 0.25) is 0 Å². The Morgan fingerprint density at radius 1 is 1.25 bits per heavy atom. The zero-order valence-electron chi connectivity index (χ0n) is 9.73. The van der Waals surface area contributed by atoms with Gasteiger partial charge in [-0.25, -0.2) is 0 Å². The minimum atomic E-state index is 0.653. The average Bonchev–Trinajstić information content (AvgIpc) is 2.91. The van der Waals surface area contributed by atoms with Crippen LogP contribution in [0.4, 0.5) is 0 Å². The van der Waals surface area contributed by atoms with Gasteiger partial charge < -0.3 is 5.73 Å². The normalized spacial score (nSPS) is 28.8. The SMILES string of the molecule is NCc1cccc(CN2CC3CCC2C3)c1. The highest BCUT2D eigenvalue weighted by Crippen LogP contribution is 2.38. The summed E-state index contributed by atoms with van der Waals surface area (Å²) >= 11 is 0. The van der Waals surface area contributed by atoms with E-state index < -0.39 is 0 Å². The lowest BCUT2D eigenvalue weighted by Crippen LogP contribution is -2.31. The third-order valence-corrected chi connectivity index (χ3v) is 4.14. The minimum Gasteiger partial charge on any atom is -0.326 e. The smallest absolute Gasteiger partial charge is 0.0236 e. The van der Waals surface area contributed by atoms with Gasteiger partial charge in [-0.1, -0.05) is 24.3 Å². The van der Waals surface area contributed by atoms with E-state index in [0.717, 1.165) is 18.5 Å². The number of hydrogen-bond acceptors (Lipinski definition) is 2. The van der Waals surface area contributed by atoms with Crippen molar-refractivity contribution in [3.63, 3.8) is 0 Å². The summed E-state index contributed by atoms with van der Waals surface area (Å²) in [5, 5.41) is 0. The van der Waals surface area contributed by atoms with Crippen LogP contribution in [0.2, 0.25) is 0 Å². The number of hydrogen-bond donors (Lipinski definition) is 1. The van der Waals surface area contributed by atoms with E-state index in [-0.39, 0.29) is 0 Å². The van der Waals surface area contributed by atoms with Crippen LogP contribution < -0.4 is 5.73 Å². The number of benzene rings is 1. The predicted octanol–water partition coefficient (Wildman–Crippen LogP) is 2.13. The van der Waals surface area contributed by atoms with Crippen molar-refractivity contribution in [3.8, 4) is 0 Å². The van der Waals surface area contributed by atoms with Crippen LogP contribution in [0.25, 0.3) is 0 Å². The maximum absolute atomic E-state index is 5.67. The van der Waals surface area contributed by atoms with E-state index in [4.69, 9.17) is 5.73 Å². The molecule has 0 radical (unpaired) electrons. The van der Waals surface area contributed by atoms with Gasteiger partial charge in [0.15, 0.2) is 0 Å². The lowest BCUT2D eigenvalue weighted by molar-refractivity contribution is 0.205. The third-order valence-electron chi connectivity index (χ3n) is 4.14. The average molecular weight is 216 g/mol. The molecule has 2 N–H and O–H groups in total. The zero-order chi connectivity index (χ0) is 11.0. The summed E-state index contributed by atoms with van der Waals surface area (Å²) in [6.45, 7) is 3.09. The highest BCUT2D eigenvalue weighted by atomic mass is 15.2. The largest absolute Gasteiger partial charge is 0.326 e. The summed E-state index contributed by atoms with van der Waals surface area (Å²) in [5.41, 5.74) is 8.35. The molecule has 0 aromatic heterocycles. The Labute approximate surface area is 97.4 Å². The Bertz CT molecular complexity index is 375. The monoisotopic (exact) mass is 216 g/mol. The number of fused-ring (bicyclic) bond motifs is 2. The number of rotatable bonds is 3. The lowest BCUT2D eigenvalue weighted by Gasteiger charge is -2.26. The Kier molecular flexibility index (Phi) is 2.70. The summed E-state index contributed by atoms with van der Waals surface area (Å²) in [6.07, 6.45) is 4.32. The van der Waals surface area contributed by atoms with E-state index in [0.29, 0.717) is 6.54 Å². The van der Waals surface area contributed by atoms with Crippen molar-refractivity contribution in [3.05, 3.63) is 35.4 Å². The van der Waals surface area contributed by atoms with Gasteiger partial charge in [0.1, 0.15) is 0 Å². The second-order valence-corrected chi connectivity index (χ2v) is 5.29. The summed E-state index contributed by atoms with van der Waals surface area (Å²) in [7, 11) is 0. The molecule has 2 atom stereocenters. The molecule has 3 rings (SSSR count). The zero-order valence-corrected chi connectivity index (χ0v) is 9.73.